The van der Waals surface area contributed by atoms with E-state index in [-0.39, 0.29) is 5.91 Å². The van der Waals surface area contributed by atoms with Crippen molar-refractivity contribution in [3.05, 3.63) is 29.3 Å². The molecule has 0 heterocycles. The standard InChI is InChI=1S/C11H16N2O/c1-7(2)13-9-5-4-8(3)10(6-9)11(12)14/h4-7,13H,1-3H3,(H2,12,14). The molecule has 1 aromatic carbocycles. The van der Waals surface area contributed by atoms with Gasteiger partial charge in [0.1, 0.15) is 0 Å². The molecular weight excluding hydrogens is 176 g/mol. The van der Waals surface area contributed by atoms with Crippen molar-refractivity contribution in [3.8, 4) is 0 Å². The molecule has 0 spiro atoms. The van der Waals surface area contributed by atoms with E-state index in [9.17, 15) is 4.79 Å². The van der Waals surface area contributed by atoms with Crippen LogP contribution in [-0.2, 0) is 0 Å². The Morgan fingerprint density at radius 1 is 1.43 bits per heavy atom. The minimum atomic E-state index is -0.380. The van der Waals surface area contributed by atoms with Gasteiger partial charge in [-0.05, 0) is 38.5 Å². The van der Waals surface area contributed by atoms with Crippen LogP contribution in [-0.4, -0.2) is 11.9 Å². The summed E-state index contributed by atoms with van der Waals surface area (Å²) < 4.78 is 0. The van der Waals surface area contributed by atoms with Gasteiger partial charge in [-0.2, -0.15) is 0 Å². The highest BCUT2D eigenvalue weighted by Gasteiger charge is 2.05. The van der Waals surface area contributed by atoms with Crippen molar-refractivity contribution in [3.63, 3.8) is 0 Å². The van der Waals surface area contributed by atoms with E-state index >= 15 is 0 Å². The summed E-state index contributed by atoms with van der Waals surface area (Å²) in [6, 6.07) is 5.97. The van der Waals surface area contributed by atoms with Crippen molar-refractivity contribution in [1.82, 2.24) is 0 Å². The highest BCUT2D eigenvalue weighted by molar-refractivity contribution is 5.95. The third-order valence-electron chi connectivity index (χ3n) is 1.96. The Morgan fingerprint density at radius 3 is 2.57 bits per heavy atom. The molecule has 1 amide bonds. The lowest BCUT2D eigenvalue weighted by atomic mass is 10.1. The number of rotatable bonds is 3. The van der Waals surface area contributed by atoms with Gasteiger partial charge in [0, 0.05) is 17.3 Å². The number of nitrogens with one attached hydrogen (secondary N) is 1. The molecule has 1 rings (SSSR count). The number of benzene rings is 1. The molecule has 0 aromatic heterocycles. The summed E-state index contributed by atoms with van der Waals surface area (Å²) in [4.78, 5) is 11.1. The van der Waals surface area contributed by atoms with Gasteiger partial charge in [-0.3, -0.25) is 4.79 Å². The number of hydrogen-bond acceptors (Lipinski definition) is 2. The van der Waals surface area contributed by atoms with Gasteiger partial charge >= 0.3 is 0 Å². The van der Waals surface area contributed by atoms with Gasteiger partial charge in [-0.1, -0.05) is 6.07 Å². The fourth-order valence-corrected chi connectivity index (χ4v) is 1.31. The summed E-state index contributed by atoms with van der Waals surface area (Å²) in [6.45, 7) is 5.97. The topological polar surface area (TPSA) is 55.1 Å². The van der Waals surface area contributed by atoms with Crippen LogP contribution in [0.3, 0.4) is 0 Å². The van der Waals surface area contributed by atoms with Crippen LogP contribution in [0.4, 0.5) is 5.69 Å². The van der Waals surface area contributed by atoms with Crippen molar-refractivity contribution in [2.45, 2.75) is 26.8 Å². The summed E-state index contributed by atoms with van der Waals surface area (Å²) in [5.41, 5.74) is 7.67. The van der Waals surface area contributed by atoms with Crippen LogP contribution in [0.5, 0.6) is 0 Å². The van der Waals surface area contributed by atoms with Crippen LogP contribution in [0.1, 0.15) is 29.8 Å². The van der Waals surface area contributed by atoms with Gasteiger partial charge in [0.2, 0.25) is 5.91 Å². The van der Waals surface area contributed by atoms with Gasteiger partial charge in [0.25, 0.3) is 0 Å². The van der Waals surface area contributed by atoms with Crippen LogP contribution < -0.4 is 11.1 Å². The average Bonchev–Trinajstić information content (AvgIpc) is 2.07. The van der Waals surface area contributed by atoms with E-state index in [1.54, 1.807) is 6.07 Å². The molecule has 0 unspecified atom stereocenters. The first kappa shape index (κ1) is 10.6. The molecule has 1 aromatic rings. The van der Waals surface area contributed by atoms with Crippen LogP contribution in [0, 0.1) is 6.92 Å². The van der Waals surface area contributed by atoms with Crippen molar-refractivity contribution in [2.24, 2.45) is 5.73 Å². The zero-order valence-electron chi connectivity index (χ0n) is 8.79. The molecule has 0 aliphatic carbocycles. The van der Waals surface area contributed by atoms with Crippen molar-refractivity contribution >= 4 is 11.6 Å². The molecule has 0 aliphatic heterocycles. The Balaban J connectivity index is 3.00. The number of carbonyl (C=O) groups is 1. The molecular formula is C11H16N2O. The molecule has 0 saturated carbocycles. The van der Waals surface area contributed by atoms with Crippen LogP contribution in [0.2, 0.25) is 0 Å². The maximum absolute atomic E-state index is 11.1. The molecule has 0 radical (unpaired) electrons. The van der Waals surface area contributed by atoms with Gasteiger partial charge in [0.15, 0.2) is 0 Å². The fraction of sp³-hybridized carbons (Fsp3) is 0.364. The number of anilines is 1. The predicted octanol–water partition coefficient (Wildman–Crippen LogP) is 1.91. The third-order valence-corrected chi connectivity index (χ3v) is 1.96. The highest BCUT2D eigenvalue weighted by Crippen LogP contribution is 2.15. The lowest BCUT2D eigenvalue weighted by Gasteiger charge is -2.11. The Kier molecular flexibility index (Phi) is 3.12. The number of carbonyl (C=O) groups excluding carboxylic acids is 1. The van der Waals surface area contributed by atoms with Crippen molar-refractivity contribution < 1.29 is 4.79 Å². The largest absolute Gasteiger partial charge is 0.383 e. The van der Waals surface area contributed by atoms with E-state index in [4.69, 9.17) is 5.73 Å². The molecule has 14 heavy (non-hydrogen) atoms. The van der Waals surface area contributed by atoms with E-state index in [0.717, 1.165) is 11.3 Å². The van der Waals surface area contributed by atoms with Crippen LogP contribution in [0.15, 0.2) is 18.2 Å². The lowest BCUT2D eigenvalue weighted by Crippen LogP contribution is -2.15. The second kappa shape index (κ2) is 4.13. The first-order valence-electron chi connectivity index (χ1n) is 4.67. The summed E-state index contributed by atoms with van der Waals surface area (Å²) in [6.07, 6.45) is 0. The molecule has 3 heteroatoms. The average molecular weight is 192 g/mol. The van der Waals surface area contributed by atoms with Crippen molar-refractivity contribution in [2.75, 3.05) is 5.32 Å². The van der Waals surface area contributed by atoms with E-state index in [1.807, 2.05) is 32.9 Å². The number of primary amides is 1. The minimum Gasteiger partial charge on any atom is -0.383 e. The van der Waals surface area contributed by atoms with Gasteiger partial charge < -0.3 is 11.1 Å². The molecule has 0 fully saturated rings. The van der Waals surface area contributed by atoms with E-state index in [2.05, 4.69) is 5.32 Å². The summed E-state index contributed by atoms with van der Waals surface area (Å²) in [5.74, 6) is -0.380. The van der Waals surface area contributed by atoms with Crippen LogP contribution >= 0.6 is 0 Å². The highest BCUT2D eigenvalue weighted by atomic mass is 16.1. The second-order valence-electron chi connectivity index (χ2n) is 3.69. The monoisotopic (exact) mass is 192 g/mol. The van der Waals surface area contributed by atoms with E-state index in [0.29, 0.717) is 11.6 Å². The predicted molar refractivity (Wildman–Crippen MR) is 58.5 cm³/mol. The zero-order valence-corrected chi connectivity index (χ0v) is 8.79. The zero-order chi connectivity index (χ0) is 10.7. The van der Waals surface area contributed by atoms with E-state index in [1.165, 1.54) is 0 Å². The first-order chi connectivity index (χ1) is 6.50. The number of aryl methyl sites for hydroxylation is 1. The Hall–Kier alpha value is -1.51. The van der Waals surface area contributed by atoms with Gasteiger partial charge in [-0.15, -0.1) is 0 Å². The fourth-order valence-electron chi connectivity index (χ4n) is 1.31. The van der Waals surface area contributed by atoms with E-state index < -0.39 is 0 Å². The molecule has 0 bridgehead atoms. The summed E-state index contributed by atoms with van der Waals surface area (Å²) in [7, 11) is 0. The number of hydrogen-bond donors (Lipinski definition) is 2. The maximum atomic E-state index is 11.1. The lowest BCUT2D eigenvalue weighted by molar-refractivity contribution is 0.1000. The molecule has 0 atom stereocenters. The minimum absolute atomic E-state index is 0.346. The second-order valence-corrected chi connectivity index (χ2v) is 3.69. The molecule has 76 valence electrons. The van der Waals surface area contributed by atoms with Gasteiger partial charge in [-0.25, -0.2) is 0 Å². The Bertz CT molecular complexity index is 345. The summed E-state index contributed by atoms with van der Waals surface area (Å²) in [5, 5.41) is 3.22. The van der Waals surface area contributed by atoms with Crippen LogP contribution in [0.25, 0.3) is 0 Å². The summed E-state index contributed by atoms with van der Waals surface area (Å²) >= 11 is 0. The Morgan fingerprint density at radius 2 is 2.07 bits per heavy atom. The van der Waals surface area contributed by atoms with Gasteiger partial charge in [0.05, 0.1) is 0 Å². The van der Waals surface area contributed by atoms with Crippen molar-refractivity contribution in [1.29, 1.82) is 0 Å². The molecule has 3 nitrogen and oxygen atoms in total. The first-order valence-corrected chi connectivity index (χ1v) is 4.67. The molecule has 0 saturated heterocycles. The Labute approximate surface area is 84.3 Å². The molecule has 3 N–H and O–H groups in total. The molecule has 0 aliphatic rings. The SMILES string of the molecule is Cc1ccc(NC(C)C)cc1C(N)=O. The number of amides is 1. The quantitative estimate of drug-likeness (QED) is 0.768. The smallest absolute Gasteiger partial charge is 0.249 e. The maximum Gasteiger partial charge on any atom is 0.249 e. The number of nitrogens with two attached hydrogens (primary N) is 1. The third kappa shape index (κ3) is 2.49. The normalized spacial score (nSPS) is 10.3.